The smallest absolute Gasteiger partial charge is 0.229 e. The summed E-state index contributed by atoms with van der Waals surface area (Å²) in [6, 6.07) is 8.79. The van der Waals surface area contributed by atoms with Crippen molar-refractivity contribution < 1.29 is 19.0 Å². The topological polar surface area (TPSA) is 94.6 Å². The number of anilines is 2. The number of ether oxygens (including phenoxy) is 3. The molecule has 2 N–H and O–H groups in total. The van der Waals surface area contributed by atoms with Gasteiger partial charge < -0.3 is 24.8 Å². The molecule has 0 aliphatic rings. The van der Waals surface area contributed by atoms with Crippen molar-refractivity contribution in [3.63, 3.8) is 0 Å². The monoisotopic (exact) mass is 346 g/mol. The van der Waals surface area contributed by atoms with Gasteiger partial charge in [0.15, 0.2) is 17.3 Å². The Morgan fingerprint density at radius 3 is 2.36 bits per heavy atom. The second-order valence-electron chi connectivity index (χ2n) is 5.14. The minimum atomic E-state index is -0.193. The second kappa shape index (κ2) is 9.43. The van der Waals surface area contributed by atoms with Gasteiger partial charge in [0.1, 0.15) is 5.82 Å². The Labute approximate surface area is 146 Å². The van der Waals surface area contributed by atoms with Gasteiger partial charge in [-0.25, -0.2) is 0 Å². The highest BCUT2D eigenvalue weighted by Crippen LogP contribution is 2.27. The lowest BCUT2D eigenvalue weighted by Gasteiger charge is -2.10. The van der Waals surface area contributed by atoms with Crippen LogP contribution >= 0.6 is 0 Å². The van der Waals surface area contributed by atoms with Crippen LogP contribution in [0.25, 0.3) is 0 Å². The Balaban J connectivity index is 1.91. The van der Waals surface area contributed by atoms with Gasteiger partial charge in [-0.2, -0.15) is 0 Å². The first-order valence-electron chi connectivity index (χ1n) is 7.73. The zero-order valence-electron chi connectivity index (χ0n) is 14.5. The molecular weight excluding hydrogens is 324 g/mol. The van der Waals surface area contributed by atoms with E-state index in [0.29, 0.717) is 36.3 Å². The maximum Gasteiger partial charge on any atom is 0.229 e. The van der Waals surface area contributed by atoms with Crippen LogP contribution in [0.4, 0.5) is 11.6 Å². The van der Waals surface area contributed by atoms with Crippen molar-refractivity contribution in [3.05, 3.63) is 35.9 Å². The van der Waals surface area contributed by atoms with Crippen molar-refractivity contribution >= 4 is 17.5 Å². The fourth-order valence-electron chi connectivity index (χ4n) is 2.14. The molecule has 0 aliphatic carbocycles. The summed E-state index contributed by atoms with van der Waals surface area (Å²) in [5.74, 6) is 2.02. The molecule has 2 aromatic rings. The van der Waals surface area contributed by atoms with E-state index in [2.05, 4.69) is 20.8 Å². The number of nitrogens with one attached hydrogen (secondary N) is 2. The highest BCUT2D eigenvalue weighted by molar-refractivity contribution is 5.91. The van der Waals surface area contributed by atoms with Crippen molar-refractivity contribution in [2.45, 2.75) is 6.42 Å². The molecule has 2 rings (SSSR count). The lowest BCUT2D eigenvalue weighted by molar-refractivity contribution is -0.115. The van der Waals surface area contributed by atoms with Gasteiger partial charge in [0, 0.05) is 13.7 Å². The van der Waals surface area contributed by atoms with E-state index in [1.165, 1.54) is 0 Å². The molecule has 0 saturated carbocycles. The SMILES string of the molecule is COCCNc1ccc(NC(=O)Cc2ccc(OC)c(OC)c2)nn1. The van der Waals surface area contributed by atoms with Crippen molar-refractivity contribution in [1.82, 2.24) is 10.2 Å². The van der Waals surface area contributed by atoms with Crippen LogP contribution in [0.5, 0.6) is 11.5 Å². The van der Waals surface area contributed by atoms with E-state index in [1.807, 2.05) is 6.07 Å². The van der Waals surface area contributed by atoms with Crippen molar-refractivity contribution in [2.24, 2.45) is 0 Å². The van der Waals surface area contributed by atoms with Crippen LogP contribution in [0.15, 0.2) is 30.3 Å². The number of hydrogen-bond acceptors (Lipinski definition) is 7. The number of carbonyl (C=O) groups is 1. The molecule has 25 heavy (non-hydrogen) atoms. The van der Waals surface area contributed by atoms with Crippen LogP contribution in [-0.2, 0) is 16.0 Å². The second-order valence-corrected chi connectivity index (χ2v) is 5.14. The quantitative estimate of drug-likeness (QED) is 0.668. The predicted octanol–water partition coefficient (Wildman–Crippen LogP) is 1.73. The van der Waals surface area contributed by atoms with Crippen LogP contribution in [0.3, 0.4) is 0 Å². The first kappa shape index (κ1) is 18.5. The molecule has 1 aromatic heterocycles. The van der Waals surface area contributed by atoms with Gasteiger partial charge in [-0.15, -0.1) is 10.2 Å². The molecular formula is C17H22N4O4. The highest BCUT2D eigenvalue weighted by Gasteiger charge is 2.09. The third-order valence-electron chi connectivity index (χ3n) is 3.36. The first-order valence-corrected chi connectivity index (χ1v) is 7.73. The summed E-state index contributed by atoms with van der Waals surface area (Å²) < 4.78 is 15.4. The zero-order chi connectivity index (χ0) is 18.1. The highest BCUT2D eigenvalue weighted by atomic mass is 16.5. The normalized spacial score (nSPS) is 10.2. The molecule has 134 valence electrons. The number of nitrogens with zero attached hydrogens (tertiary/aromatic N) is 2. The maximum atomic E-state index is 12.1. The molecule has 1 amide bonds. The minimum absolute atomic E-state index is 0.190. The standard InChI is InChI=1S/C17H22N4O4/c1-23-9-8-18-15-6-7-16(21-20-15)19-17(22)11-12-4-5-13(24-2)14(10-12)25-3/h4-7,10H,8-9,11H2,1-3H3,(H,18,20)(H,19,21,22). The summed E-state index contributed by atoms with van der Waals surface area (Å²) in [5, 5.41) is 13.7. The molecule has 0 bridgehead atoms. The van der Waals surface area contributed by atoms with E-state index in [-0.39, 0.29) is 12.3 Å². The molecule has 0 aliphatic heterocycles. The van der Waals surface area contributed by atoms with Gasteiger partial charge in [-0.05, 0) is 29.8 Å². The van der Waals surface area contributed by atoms with E-state index in [9.17, 15) is 4.79 Å². The molecule has 0 saturated heterocycles. The molecule has 1 heterocycles. The third kappa shape index (κ3) is 5.61. The Bertz CT molecular complexity index is 692. The van der Waals surface area contributed by atoms with Crippen molar-refractivity contribution in [2.75, 3.05) is 45.1 Å². The fraction of sp³-hybridized carbons (Fsp3) is 0.353. The molecule has 0 spiro atoms. The van der Waals surface area contributed by atoms with Gasteiger partial charge in [0.2, 0.25) is 5.91 Å². The number of rotatable bonds is 9. The molecule has 0 unspecified atom stereocenters. The van der Waals surface area contributed by atoms with Gasteiger partial charge in [0.25, 0.3) is 0 Å². The number of carbonyl (C=O) groups excluding carboxylic acids is 1. The Hall–Kier alpha value is -2.87. The average molecular weight is 346 g/mol. The fourth-order valence-corrected chi connectivity index (χ4v) is 2.14. The zero-order valence-corrected chi connectivity index (χ0v) is 14.5. The first-order chi connectivity index (χ1) is 12.2. The van der Waals surface area contributed by atoms with Gasteiger partial charge >= 0.3 is 0 Å². The number of amides is 1. The summed E-state index contributed by atoms with van der Waals surface area (Å²) in [6.45, 7) is 1.21. The van der Waals surface area contributed by atoms with E-state index < -0.39 is 0 Å². The molecule has 0 radical (unpaired) electrons. The lowest BCUT2D eigenvalue weighted by Crippen LogP contribution is -2.16. The van der Waals surface area contributed by atoms with Crippen LogP contribution < -0.4 is 20.1 Å². The van der Waals surface area contributed by atoms with Crippen molar-refractivity contribution in [3.8, 4) is 11.5 Å². The number of hydrogen-bond donors (Lipinski definition) is 2. The largest absolute Gasteiger partial charge is 0.493 e. The van der Waals surface area contributed by atoms with Crippen LogP contribution in [0.2, 0.25) is 0 Å². The van der Waals surface area contributed by atoms with Crippen molar-refractivity contribution in [1.29, 1.82) is 0 Å². The molecule has 8 heteroatoms. The van der Waals surface area contributed by atoms with Gasteiger partial charge in [-0.3, -0.25) is 4.79 Å². The summed E-state index contributed by atoms with van der Waals surface area (Å²) in [5.41, 5.74) is 0.806. The van der Waals surface area contributed by atoms with Gasteiger partial charge in [-0.1, -0.05) is 6.07 Å². The molecule has 1 aromatic carbocycles. The van der Waals surface area contributed by atoms with Crippen LogP contribution in [-0.4, -0.2) is 50.6 Å². The van der Waals surface area contributed by atoms with E-state index in [1.54, 1.807) is 45.6 Å². The Morgan fingerprint density at radius 2 is 1.72 bits per heavy atom. The summed E-state index contributed by atoms with van der Waals surface area (Å²) >= 11 is 0. The molecule has 0 fully saturated rings. The molecule has 0 atom stereocenters. The maximum absolute atomic E-state index is 12.1. The summed E-state index contributed by atoms with van der Waals surface area (Å²) in [6.07, 6.45) is 0.190. The van der Waals surface area contributed by atoms with E-state index in [4.69, 9.17) is 14.2 Å². The van der Waals surface area contributed by atoms with Crippen LogP contribution in [0, 0.1) is 0 Å². The Kier molecular flexibility index (Phi) is 6.97. The molecule has 8 nitrogen and oxygen atoms in total. The third-order valence-corrected chi connectivity index (χ3v) is 3.36. The van der Waals surface area contributed by atoms with Gasteiger partial charge in [0.05, 0.1) is 27.2 Å². The van der Waals surface area contributed by atoms with Crippen LogP contribution in [0.1, 0.15) is 5.56 Å². The number of aromatic nitrogens is 2. The lowest BCUT2D eigenvalue weighted by atomic mass is 10.1. The summed E-state index contributed by atoms with van der Waals surface area (Å²) in [4.78, 5) is 12.1. The van der Waals surface area contributed by atoms with E-state index in [0.717, 1.165) is 5.56 Å². The number of benzene rings is 1. The summed E-state index contributed by atoms with van der Waals surface area (Å²) in [7, 11) is 4.75. The number of methoxy groups -OCH3 is 3. The van der Waals surface area contributed by atoms with E-state index >= 15 is 0 Å². The Morgan fingerprint density at radius 1 is 1.00 bits per heavy atom. The average Bonchev–Trinajstić information content (AvgIpc) is 2.63. The minimum Gasteiger partial charge on any atom is -0.493 e. The predicted molar refractivity (Wildman–Crippen MR) is 94.3 cm³/mol.